The molecule has 1 amide bonds. The van der Waals surface area contributed by atoms with Gasteiger partial charge in [0.25, 0.3) is 15.9 Å². The van der Waals surface area contributed by atoms with E-state index in [2.05, 4.69) is 0 Å². The lowest BCUT2D eigenvalue weighted by molar-refractivity contribution is -0.113. The Morgan fingerprint density at radius 3 is 2.10 bits per heavy atom. The first kappa shape index (κ1) is 20.4. The normalized spacial score (nSPS) is 11.4. The molecular formula is C23H21NO4S. The van der Waals surface area contributed by atoms with Crippen LogP contribution in [0.3, 0.4) is 0 Å². The summed E-state index contributed by atoms with van der Waals surface area (Å²) < 4.78 is 32.5. The van der Waals surface area contributed by atoms with E-state index in [0.717, 1.165) is 15.4 Å². The van der Waals surface area contributed by atoms with Gasteiger partial charge in [-0.05, 0) is 55.0 Å². The minimum absolute atomic E-state index is 0.0420. The Bertz CT molecular complexity index is 1100. The molecule has 0 aliphatic heterocycles. The van der Waals surface area contributed by atoms with Gasteiger partial charge in [-0.3, -0.25) is 4.79 Å². The summed E-state index contributed by atoms with van der Waals surface area (Å²) in [6, 6.07) is 21.9. The molecule has 0 unspecified atom stereocenters. The van der Waals surface area contributed by atoms with Gasteiger partial charge >= 0.3 is 0 Å². The van der Waals surface area contributed by atoms with Crippen molar-refractivity contribution in [2.75, 3.05) is 11.4 Å². The van der Waals surface area contributed by atoms with E-state index in [0.29, 0.717) is 5.75 Å². The van der Waals surface area contributed by atoms with E-state index >= 15 is 0 Å². The summed E-state index contributed by atoms with van der Waals surface area (Å²) in [5, 5.41) is 0. The maximum atomic E-state index is 13.3. The predicted octanol–water partition coefficient (Wildman–Crippen LogP) is 4.44. The summed E-state index contributed by atoms with van der Waals surface area (Å²) in [5.74, 6) is -0.103. The molecule has 0 radical (unpaired) electrons. The highest BCUT2D eigenvalue weighted by molar-refractivity contribution is 7.93. The summed E-state index contributed by atoms with van der Waals surface area (Å²) in [7, 11) is -2.58. The average molecular weight is 407 g/mol. The van der Waals surface area contributed by atoms with E-state index < -0.39 is 15.9 Å². The molecular weight excluding hydrogens is 386 g/mol. The van der Waals surface area contributed by atoms with Gasteiger partial charge < -0.3 is 4.74 Å². The minimum atomic E-state index is -4.10. The molecule has 0 saturated heterocycles. The lowest BCUT2D eigenvalue weighted by atomic mass is 10.2. The maximum Gasteiger partial charge on any atom is 0.271 e. The Labute approximate surface area is 170 Å². The second-order valence-electron chi connectivity index (χ2n) is 6.36. The summed E-state index contributed by atoms with van der Waals surface area (Å²) in [6.45, 7) is 1.87. The third kappa shape index (κ3) is 4.73. The highest BCUT2D eigenvalue weighted by Gasteiger charge is 2.29. The monoisotopic (exact) mass is 407 g/mol. The van der Waals surface area contributed by atoms with Gasteiger partial charge in [0, 0.05) is 6.08 Å². The first-order chi connectivity index (χ1) is 13.9. The molecule has 3 aromatic rings. The second kappa shape index (κ2) is 8.75. The van der Waals surface area contributed by atoms with Crippen LogP contribution in [0.15, 0.2) is 89.8 Å². The lowest BCUT2D eigenvalue weighted by Gasteiger charge is -2.21. The molecule has 0 heterocycles. The Hall–Kier alpha value is -3.38. The smallest absolute Gasteiger partial charge is 0.271 e. The standard InChI is InChI=1S/C23H21NO4S/c1-18-8-15-22(16-9-18)29(26,27)24(20-11-13-21(28-2)14-12-20)23(25)17-10-19-6-4-3-5-7-19/h3-17H,1-2H3. The van der Waals surface area contributed by atoms with Gasteiger partial charge in [0.2, 0.25) is 0 Å². The van der Waals surface area contributed by atoms with Crippen LogP contribution in [0.5, 0.6) is 5.75 Å². The van der Waals surface area contributed by atoms with E-state index in [1.807, 2.05) is 37.3 Å². The molecule has 6 heteroatoms. The van der Waals surface area contributed by atoms with Gasteiger partial charge in [0.05, 0.1) is 17.7 Å². The molecule has 0 aliphatic carbocycles. The predicted molar refractivity (Wildman–Crippen MR) is 114 cm³/mol. The van der Waals surface area contributed by atoms with Crippen LogP contribution in [-0.4, -0.2) is 21.4 Å². The molecule has 148 valence electrons. The molecule has 3 aromatic carbocycles. The highest BCUT2D eigenvalue weighted by atomic mass is 32.2. The SMILES string of the molecule is COc1ccc(N(C(=O)C=Cc2ccccc2)S(=O)(=O)c2ccc(C)cc2)cc1. The maximum absolute atomic E-state index is 13.3. The molecule has 0 saturated carbocycles. The quantitative estimate of drug-likeness (QED) is 0.567. The van der Waals surface area contributed by atoms with E-state index in [9.17, 15) is 13.2 Å². The Morgan fingerprint density at radius 2 is 1.52 bits per heavy atom. The van der Waals surface area contributed by atoms with E-state index in [1.165, 1.54) is 25.3 Å². The summed E-state index contributed by atoms with van der Waals surface area (Å²) in [4.78, 5) is 13.0. The summed E-state index contributed by atoms with van der Waals surface area (Å²) in [6.07, 6.45) is 2.84. The Kier molecular flexibility index (Phi) is 6.14. The van der Waals surface area contributed by atoms with E-state index in [4.69, 9.17) is 4.74 Å². The van der Waals surface area contributed by atoms with Crippen molar-refractivity contribution in [1.82, 2.24) is 0 Å². The lowest BCUT2D eigenvalue weighted by Crippen LogP contribution is -2.35. The second-order valence-corrected chi connectivity index (χ2v) is 8.15. The number of amides is 1. The van der Waals surface area contributed by atoms with Crippen molar-refractivity contribution < 1.29 is 17.9 Å². The van der Waals surface area contributed by atoms with Gasteiger partial charge in [0.15, 0.2) is 0 Å². The van der Waals surface area contributed by atoms with Gasteiger partial charge in [-0.1, -0.05) is 48.0 Å². The number of ether oxygens (including phenoxy) is 1. The van der Waals surface area contributed by atoms with Crippen LogP contribution in [0, 0.1) is 6.92 Å². The van der Waals surface area contributed by atoms with E-state index in [1.54, 1.807) is 42.5 Å². The number of methoxy groups -OCH3 is 1. The van der Waals surface area contributed by atoms with Crippen molar-refractivity contribution >= 4 is 27.7 Å². The van der Waals surface area contributed by atoms with Crippen molar-refractivity contribution in [3.63, 3.8) is 0 Å². The van der Waals surface area contributed by atoms with Crippen LogP contribution < -0.4 is 9.04 Å². The van der Waals surface area contributed by atoms with Crippen molar-refractivity contribution in [3.05, 3.63) is 96.1 Å². The zero-order valence-corrected chi connectivity index (χ0v) is 17.0. The fourth-order valence-corrected chi connectivity index (χ4v) is 4.10. The van der Waals surface area contributed by atoms with Crippen molar-refractivity contribution in [2.45, 2.75) is 11.8 Å². The molecule has 0 fully saturated rings. The molecule has 0 N–H and O–H groups in total. The molecule has 5 nitrogen and oxygen atoms in total. The fraction of sp³-hybridized carbons (Fsp3) is 0.0870. The topological polar surface area (TPSA) is 63.7 Å². The van der Waals surface area contributed by atoms with Crippen LogP contribution in [0.2, 0.25) is 0 Å². The van der Waals surface area contributed by atoms with Gasteiger partial charge in [-0.25, -0.2) is 8.42 Å². The molecule has 0 aromatic heterocycles. The molecule has 0 aliphatic rings. The van der Waals surface area contributed by atoms with Crippen molar-refractivity contribution in [3.8, 4) is 5.75 Å². The third-order valence-corrected chi connectivity index (χ3v) is 6.02. The molecule has 29 heavy (non-hydrogen) atoms. The Morgan fingerprint density at radius 1 is 0.897 bits per heavy atom. The van der Waals surface area contributed by atoms with Crippen LogP contribution in [0.25, 0.3) is 6.08 Å². The number of anilines is 1. The zero-order valence-electron chi connectivity index (χ0n) is 16.1. The van der Waals surface area contributed by atoms with Crippen LogP contribution in [0.4, 0.5) is 5.69 Å². The van der Waals surface area contributed by atoms with Gasteiger partial charge in [-0.15, -0.1) is 0 Å². The number of rotatable bonds is 6. The van der Waals surface area contributed by atoms with Crippen LogP contribution >= 0.6 is 0 Å². The van der Waals surface area contributed by atoms with Crippen molar-refractivity contribution in [2.24, 2.45) is 0 Å². The van der Waals surface area contributed by atoms with Gasteiger partial charge in [0.1, 0.15) is 5.75 Å². The van der Waals surface area contributed by atoms with E-state index in [-0.39, 0.29) is 10.6 Å². The highest BCUT2D eigenvalue weighted by Crippen LogP contribution is 2.26. The fourth-order valence-electron chi connectivity index (χ4n) is 2.72. The number of nitrogens with zero attached hydrogens (tertiary/aromatic N) is 1. The number of aryl methyl sites for hydroxylation is 1. The summed E-state index contributed by atoms with van der Waals surface area (Å²) >= 11 is 0. The van der Waals surface area contributed by atoms with Gasteiger partial charge in [-0.2, -0.15) is 4.31 Å². The average Bonchev–Trinajstić information content (AvgIpc) is 2.74. The third-order valence-electron chi connectivity index (χ3n) is 4.28. The number of carbonyl (C=O) groups excluding carboxylic acids is 1. The first-order valence-corrected chi connectivity index (χ1v) is 10.4. The van der Waals surface area contributed by atoms with Crippen molar-refractivity contribution in [1.29, 1.82) is 0 Å². The largest absolute Gasteiger partial charge is 0.497 e. The number of benzene rings is 3. The zero-order chi connectivity index (χ0) is 20.9. The molecule has 0 atom stereocenters. The number of sulfonamides is 1. The minimum Gasteiger partial charge on any atom is -0.497 e. The molecule has 0 spiro atoms. The Balaban J connectivity index is 2.04. The number of hydrogen-bond acceptors (Lipinski definition) is 4. The first-order valence-electron chi connectivity index (χ1n) is 8.95. The number of carbonyl (C=O) groups is 1. The van der Waals surface area contributed by atoms with Crippen LogP contribution in [-0.2, 0) is 14.8 Å². The number of hydrogen-bond donors (Lipinski definition) is 0. The molecule has 3 rings (SSSR count). The summed E-state index contributed by atoms with van der Waals surface area (Å²) in [5.41, 5.74) is 1.95. The van der Waals surface area contributed by atoms with Crippen LogP contribution in [0.1, 0.15) is 11.1 Å². The molecule has 0 bridgehead atoms.